The molecule has 0 atom stereocenters. The van der Waals surface area contributed by atoms with E-state index in [4.69, 9.17) is 4.74 Å². The van der Waals surface area contributed by atoms with Crippen LogP contribution in [0.15, 0.2) is 55.0 Å². The second-order valence-corrected chi connectivity index (χ2v) is 6.05. The molecule has 3 heterocycles. The first kappa shape index (κ1) is 17.0. The van der Waals surface area contributed by atoms with Crippen LogP contribution in [0.1, 0.15) is 0 Å². The summed E-state index contributed by atoms with van der Waals surface area (Å²) in [6.07, 6.45) is 4.66. The normalized spacial score (nSPS) is 11.0. The summed E-state index contributed by atoms with van der Waals surface area (Å²) >= 11 is 0. The van der Waals surface area contributed by atoms with Crippen molar-refractivity contribution < 1.29 is 13.5 Å². The predicted molar refractivity (Wildman–Crippen MR) is 100 cm³/mol. The third-order valence-corrected chi connectivity index (χ3v) is 4.30. The third-order valence-electron chi connectivity index (χ3n) is 4.30. The molecule has 0 aliphatic carbocycles. The van der Waals surface area contributed by atoms with Gasteiger partial charge in [0.05, 0.1) is 13.3 Å². The number of aryl methyl sites for hydroxylation is 1. The van der Waals surface area contributed by atoms with E-state index >= 15 is 0 Å². The van der Waals surface area contributed by atoms with E-state index < -0.39 is 5.82 Å². The molecule has 0 saturated carbocycles. The van der Waals surface area contributed by atoms with Gasteiger partial charge in [-0.25, -0.2) is 18.7 Å². The van der Waals surface area contributed by atoms with Gasteiger partial charge < -0.3 is 14.6 Å². The van der Waals surface area contributed by atoms with E-state index in [0.29, 0.717) is 22.9 Å². The molecule has 0 radical (unpaired) electrons. The first-order chi connectivity index (χ1) is 13.1. The summed E-state index contributed by atoms with van der Waals surface area (Å²) in [5.74, 6) is 0.166. The lowest BCUT2D eigenvalue weighted by Crippen LogP contribution is -1.97. The molecule has 0 aliphatic heterocycles. The zero-order chi connectivity index (χ0) is 19.0. The van der Waals surface area contributed by atoms with E-state index in [0.717, 1.165) is 22.7 Å². The fourth-order valence-corrected chi connectivity index (χ4v) is 3.10. The molecule has 3 aromatic heterocycles. The van der Waals surface area contributed by atoms with Crippen LogP contribution in [-0.2, 0) is 7.05 Å². The minimum atomic E-state index is -0.451. The number of nitrogens with one attached hydrogen (secondary N) is 1. The molecular formula is C20H16F2N4O. The summed E-state index contributed by atoms with van der Waals surface area (Å²) in [5, 5.41) is 3.99. The number of aromatic nitrogens is 3. The minimum Gasteiger partial charge on any atom is -0.479 e. The van der Waals surface area contributed by atoms with E-state index in [-0.39, 0.29) is 5.82 Å². The van der Waals surface area contributed by atoms with Crippen molar-refractivity contribution in [3.63, 3.8) is 0 Å². The molecule has 27 heavy (non-hydrogen) atoms. The first-order valence-electron chi connectivity index (χ1n) is 8.23. The number of hydrogen-bond acceptors (Lipinski definition) is 4. The molecule has 0 aliphatic rings. The molecule has 7 heteroatoms. The van der Waals surface area contributed by atoms with Gasteiger partial charge in [-0.05, 0) is 36.4 Å². The largest absolute Gasteiger partial charge is 0.479 e. The Balaban J connectivity index is 1.88. The van der Waals surface area contributed by atoms with Gasteiger partial charge in [-0.1, -0.05) is 0 Å². The van der Waals surface area contributed by atoms with Crippen LogP contribution >= 0.6 is 0 Å². The smallest absolute Gasteiger partial charge is 0.238 e. The molecule has 136 valence electrons. The molecule has 0 bridgehead atoms. The van der Waals surface area contributed by atoms with Gasteiger partial charge in [-0.2, -0.15) is 0 Å². The monoisotopic (exact) mass is 366 g/mol. The maximum atomic E-state index is 14.0. The van der Waals surface area contributed by atoms with Crippen LogP contribution in [0.5, 0.6) is 5.88 Å². The van der Waals surface area contributed by atoms with Gasteiger partial charge in [0, 0.05) is 41.6 Å². The highest BCUT2D eigenvalue weighted by molar-refractivity contribution is 6.00. The Morgan fingerprint density at radius 1 is 1.00 bits per heavy atom. The average molecular weight is 366 g/mol. The van der Waals surface area contributed by atoms with Crippen LogP contribution in [0.4, 0.5) is 20.3 Å². The number of rotatable bonds is 4. The third kappa shape index (κ3) is 3.08. The molecule has 4 rings (SSSR count). The number of nitrogens with zero attached hydrogens (tertiary/aromatic N) is 3. The van der Waals surface area contributed by atoms with E-state index in [9.17, 15) is 8.78 Å². The molecule has 0 amide bonds. The van der Waals surface area contributed by atoms with Crippen molar-refractivity contribution in [2.45, 2.75) is 0 Å². The number of pyridine rings is 2. The summed E-state index contributed by atoms with van der Waals surface area (Å²) in [6, 6.07) is 9.15. The maximum absolute atomic E-state index is 14.0. The zero-order valence-electron chi connectivity index (χ0n) is 14.7. The maximum Gasteiger partial charge on any atom is 0.238 e. The van der Waals surface area contributed by atoms with Gasteiger partial charge >= 0.3 is 0 Å². The van der Waals surface area contributed by atoms with Crippen LogP contribution in [0.3, 0.4) is 0 Å². The van der Waals surface area contributed by atoms with Crippen LogP contribution in [0.25, 0.3) is 22.0 Å². The lowest BCUT2D eigenvalue weighted by Gasteiger charge is -2.11. The van der Waals surface area contributed by atoms with Crippen molar-refractivity contribution in [3.8, 4) is 17.0 Å². The Kier molecular flexibility index (Phi) is 4.19. The van der Waals surface area contributed by atoms with E-state index in [2.05, 4.69) is 15.3 Å². The van der Waals surface area contributed by atoms with E-state index in [1.54, 1.807) is 25.4 Å². The highest BCUT2D eigenvalue weighted by Crippen LogP contribution is 2.37. The second kappa shape index (κ2) is 6.68. The summed E-state index contributed by atoms with van der Waals surface area (Å²) in [6.45, 7) is 0. The molecule has 4 aromatic rings. The number of halogens is 2. The Labute approximate surface area is 154 Å². The lowest BCUT2D eigenvalue weighted by molar-refractivity contribution is 0.401. The Morgan fingerprint density at radius 3 is 2.52 bits per heavy atom. The summed E-state index contributed by atoms with van der Waals surface area (Å²) < 4.78 is 34.4. The number of methoxy groups -OCH3 is 1. The molecule has 0 saturated heterocycles. The van der Waals surface area contributed by atoms with Gasteiger partial charge in [0.1, 0.15) is 23.0 Å². The standard InChI is InChI=1S/C20H16F2N4O/c1-26-11-17(15-7-8-23-20(27-2)18(15)26)16-9-13(22)10-24-19(16)25-14-5-3-12(21)4-6-14/h3-11H,1-2H3,(H,24,25). The van der Waals surface area contributed by atoms with Crippen LogP contribution in [0, 0.1) is 11.6 Å². The van der Waals surface area contributed by atoms with E-state index in [1.807, 2.05) is 23.9 Å². The van der Waals surface area contributed by atoms with Crippen molar-refractivity contribution in [3.05, 3.63) is 66.6 Å². The van der Waals surface area contributed by atoms with Crippen LogP contribution in [-0.4, -0.2) is 21.6 Å². The van der Waals surface area contributed by atoms with Crippen molar-refractivity contribution in [2.75, 3.05) is 12.4 Å². The van der Waals surface area contributed by atoms with Gasteiger partial charge in [0.15, 0.2) is 0 Å². The van der Waals surface area contributed by atoms with E-state index in [1.165, 1.54) is 18.2 Å². The Bertz CT molecular complexity index is 1120. The number of anilines is 2. The van der Waals surface area contributed by atoms with Crippen molar-refractivity contribution in [1.82, 2.24) is 14.5 Å². The zero-order valence-corrected chi connectivity index (χ0v) is 14.7. The fraction of sp³-hybridized carbons (Fsp3) is 0.100. The van der Waals surface area contributed by atoms with Crippen molar-refractivity contribution in [1.29, 1.82) is 0 Å². The van der Waals surface area contributed by atoms with Crippen molar-refractivity contribution in [2.24, 2.45) is 7.05 Å². The second-order valence-electron chi connectivity index (χ2n) is 6.05. The molecule has 0 unspecified atom stereocenters. The quantitative estimate of drug-likeness (QED) is 0.570. The molecule has 0 fully saturated rings. The molecule has 1 N–H and O–H groups in total. The molecule has 1 aromatic carbocycles. The van der Waals surface area contributed by atoms with Crippen molar-refractivity contribution >= 4 is 22.4 Å². The van der Waals surface area contributed by atoms with Crippen LogP contribution < -0.4 is 10.1 Å². The minimum absolute atomic E-state index is 0.332. The molecular weight excluding hydrogens is 350 g/mol. The van der Waals surface area contributed by atoms with Gasteiger partial charge in [0.25, 0.3) is 0 Å². The summed E-state index contributed by atoms with van der Waals surface area (Å²) in [4.78, 5) is 8.42. The number of fused-ring (bicyclic) bond motifs is 1. The molecule has 5 nitrogen and oxygen atoms in total. The Hall–Kier alpha value is -3.48. The number of benzene rings is 1. The Morgan fingerprint density at radius 2 is 1.78 bits per heavy atom. The number of hydrogen-bond donors (Lipinski definition) is 1. The highest BCUT2D eigenvalue weighted by atomic mass is 19.1. The fourth-order valence-electron chi connectivity index (χ4n) is 3.10. The van der Waals surface area contributed by atoms with Gasteiger partial charge in [-0.15, -0.1) is 0 Å². The first-order valence-corrected chi connectivity index (χ1v) is 8.23. The topological polar surface area (TPSA) is 52.0 Å². The summed E-state index contributed by atoms with van der Waals surface area (Å²) in [7, 11) is 3.43. The van der Waals surface area contributed by atoms with Gasteiger partial charge in [-0.3, -0.25) is 0 Å². The predicted octanol–water partition coefficient (Wildman–Crippen LogP) is 4.67. The highest BCUT2D eigenvalue weighted by Gasteiger charge is 2.17. The average Bonchev–Trinajstić information content (AvgIpc) is 3.02. The number of ether oxygens (including phenoxy) is 1. The summed E-state index contributed by atoms with van der Waals surface area (Å²) in [5.41, 5.74) is 2.81. The SMILES string of the molecule is COc1nccc2c(-c3cc(F)cnc3Nc3ccc(F)cc3)cn(C)c12. The van der Waals surface area contributed by atoms with Gasteiger partial charge in [0.2, 0.25) is 5.88 Å². The lowest BCUT2D eigenvalue weighted by atomic mass is 10.1. The van der Waals surface area contributed by atoms with Crippen LogP contribution in [0.2, 0.25) is 0 Å². The molecule has 0 spiro atoms.